The SMILES string of the molecule is CS[C@H](NCc1ccccn1)C(=O)NCc1ccc(CNCCCNC2CCN(C3CCCCC3)CC2)cc1. The number of hydrogen-bond acceptors (Lipinski definition) is 7. The minimum absolute atomic E-state index is 0.00689. The Balaban J connectivity index is 1.04. The summed E-state index contributed by atoms with van der Waals surface area (Å²) >= 11 is 1.50. The Hall–Kier alpha value is -1.97. The average molecular weight is 553 g/mol. The van der Waals surface area contributed by atoms with Crippen molar-refractivity contribution in [3.8, 4) is 0 Å². The lowest BCUT2D eigenvalue weighted by atomic mass is 9.92. The van der Waals surface area contributed by atoms with Gasteiger partial charge in [0.2, 0.25) is 5.91 Å². The van der Waals surface area contributed by atoms with Gasteiger partial charge < -0.3 is 20.9 Å². The second-order valence-electron chi connectivity index (χ2n) is 10.9. The minimum atomic E-state index is -0.306. The molecule has 7 nitrogen and oxygen atoms in total. The van der Waals surface area contributed by atoms with Crippen molar-refractivity contribution in [3.05, 3.63) is 65.5 Å². The third-order valence-corrected chi connectivity index (χ3v) is 8.92. The molecule has 0 radical (unpaired) electrons. The number of pyridine rings is 1. The maximum Gasteiger partial charge on any atom is 0.247 e. The highest BCUT2D eigenvalue weighted by Gasteiger charge is 2.25. The standard InChI is InChI=1S/C31H48N6OS/c1-39-31(36-24-28-8-5-6-18-34-28)30(38)35-23-26-13-11-25(12-14-26)22-32-17-7-19-33-27-15-20-37(21-16-27)29-9-3-2-4-10-29/h5-6,8,11-14,18,27,29,31-33,36H,2-4,7,9-10,15-17,19-24H2,1H3,(H,35,38)/t31-/m0/s1. The molecule has 1 aromatic heterocycles. The van der Waals surface area contributed by atoms with Crippen LogP contribution in [0.4, 0.5) is 0 Å². The number of thioether (sulfide) groups is 1. The molecule has 0 spiro atoms. The Labute approximate surface area is 239 Å². The fourth-order valence-electron chi connectivity index (χ4n) is 5.71. The van der Waals surface area contributed by atoms with Crippen LogP contribution in [0.5, 0.6) is 0 Å². The highest BCUT2D eigenvalue weighted by Crippen LogP contribution is 2.25. The van der Waals surface area contributed by atoms with Crippen molar-refractivity contribution in [1.82, 2.24) is 31.2 Å². The number of rotatable bonds is 15. The molecule has 2 fully saturated rings. The number of aromatic nitrogens is 1. The van der Waals surface area contributed by atoms with Crippen molar-refractivity contribution in [3.63, 3.8) is 0 Å². The highest BCUT2D eigenvalue weighted by molar-refractivity contribution is 7.99. The first kappa shape index (κ1) is 30.0. The summed E-state index contributed by atoms with van der Waals surface area (Å²) in [5.74, 6) is -0.00689. The quantitative estimate of drug-likeness (QED) is 0.196. The third-order valence-electron chi connectivity index (χ3n) is 8.07. The molecule has 39 heavy (non-hydrogen) atoms. The summed E-state index contributed by atoms with van der Waals surface area (Å²) in [6, 6.07) is 15.9. The molecule has 1 saturated carbocycles. The second-order valence-corrected chi connectivity index (χ2v) is 11.9. The summed E-state index contributed by atoms with van der Waals surface area (Å²) in [6.45, 7) is 6.64. The van der Waals surface area contributed by atoms with E-state index in [1.54, 1.807) is 6.20 Å². The van der Waals surface area contributed by atoms with Gasteiger partial charge in [-0.25, -0.2) is 0 Å². The first-order chi connectivity index (χ1) is 19.2. The summed E-state index contributed by atoms with van der Waals surface area (Å²) in [5.41, 5.74) is 3.30. The number of carbonyl (C=O) groups excluding carboxylic acids is 1. The third kappa shape index (κ3) is 10.5. The van der Waals surface area contributed by atoms with E-state index in [0.29, 0.717) is 19.1 Å². The predicted molar refractivity (Wildman–Crippen MR) is 162 cm³/mol. The van der Waals surface area contributed by atoms with Crippen LogP contribution in [0, 0.1) is 0 Å². The Morgan fingerprint density at radius 2 is 1.69 bits per heavy atom. The molecule has 1 aliphatic carbocycles. The van der Waals surface area contributed by atoms with E-state index in [4.69, 9.17) is 0 Å². The number of amides is 1. The topological polar surface area (TPSA) is 81.3 Å². The van der Waals surface area contributed by atoms with Crippen molar-refractivity contribution < 1.29 is 4.79 Å². The molecule has 214 valence electrons. The molecule has 0 bridgehead atoms. The first-order valence-corrected chi connectivity index (χ1v) is 16.2. The molecule has 1 atom stereocenters. The van der Waals surface area contributed by atoms with E-state index in [-0.39, 0.29) is 11.3 Å². The predicted octanol–water partition coefficient (Wildman–Crippen LogP) is 4.04. The Kier molecular flexibility index (Phi) is 13.1. The first-order valence-electron chi connectivity index (χ1n) is 14.9. The summed E-state index contributed by atoms with van der Waals surface area (Å²) in [4.78, 5) is 19.7. The lowest BCUT2D eigenvalue weighted by Gasteiger charge is -2.39. The zero-order chi connectivity index (χ0) is 27.1. The molecule has 1 amide bonds. The number of carbonyl (C=O) groups is 1. The van der Waals surface area contributed by atoms with Gasteiger partial charge in [-0.1, -0.05) is 49.6 Å². The van der Waals surface area contributed by atoms with E-state index in [1.165, 1.54) is 75.4 Å². The van der Waals surface area contributed by atoms with Gasteiger partial charge in [0.25, 0.3) is 0 Å². The smallest absolute Gasteiger partial charge is 0.247 e. The van der Waals surface area contributed by atoms with E-state index in [0.717, 1.165) is 43.4 Å². The number of piperidine rings is 1. The van der Waals surface area contributed by atoms with Crippen LogP contribution in [0.2, 0.25) is 0 Å². The highest BCUT2D eigenvalue weighted by atomic mass is 32.2. The van der Waals surface area contributed by atoms with E-state index in [1.807, 2.05) is 24.5 Å². The zero-order valence-corrected chi connectivity index (χ0v) is 24.5. The van der Waals surface area contributed by atoms with Crippen molar-refractivity contribution in [2.45, 2.75) is 88.5 Å². The van der Waals surface area contributed by atoms with Gasteiger partial charge in [0.15, 0.2) is 0 Å². The van der Waals surface area contributed by atoms with Crippen molar-refractivity contribution >= 4 is 17.7 Å². The van der Waals surface area contributed by atoms with Crippen LogP contribution < -0.4 is 21.3 Å². The molecule has 8 heteroatoms. The molecule has 0 unspecified atom stereocenters. The molecule has 4 N–H and O–H groups in total. The normalized spacial score (nSPS) is 18.2. The molecule has 1 aliphatic heterocycles. The number of benzene rings is 1. The van der Waals surface area contributed by atoms with Crippen molar-refractivity contribution in [2.75, 3.05) is 32.4 Å². The van der Waals surface area contributed by atoms with Crippen LogP contribution in [-0.2, 0) is 24.4 Å². The largest absolute Gasteiger partial charge is 0.350 e. The van der Waals surface area contributed by atoms with E-state index < -0.39 is 0 Å². The monoisotopic (exact) mass is 552 g/mol. The van der Waals surface area contributed by atoms with Crippen molar-refractivity contribution in [1.29, 1.82) is 0 Å². The van der Waals surface area contributed by atoms with E-state index >= 15 is 0 Å². The van der Waals surface area contributed by atoms with Crippen LogP contribution in [0.25, 0.3) is 0 Å². The maximum atomic E-state index is 12.6. The Bertz CT molecular complexity index is 945. The van der Waals surface area contributed by atoms with Gasteiger partial charge in [0.1, 0.15) is 5.37 Å². The van der Waals surface area contributed by atoms with Gasteiger partial charge in [0, 0.05) is 37.9 Å². The van der Waals surface area contributed by atoms with E-state index in [2.05, 4.69) is 55.4 Å². The van der Waals surface area contributed by atoms with Gasteiger partial charge >= 0.3 is 0 Å². The van der Waals surface area contributed by atoms with Crippen LogP contribution >= 0.6 is 11.8 Å². The lowest BCUT2D eigenvalue weighted by Crippen LogP contribution is -2.47. The average Bonchev–Trinajstić information content (AvgIpc) is 3.00. The Morgan fingerprint density at radius 3 is 2.38 bits per heavy atom. The summed E-state index contributed by atoms with van der Waals surface area (Å²) in [5, 5.41) is 13.4. The molecular formula is C31H48N6OS. The second kappa shape index (κ2) is 17.0. The summed E-state index contributed by atoms with van der Waals surface area (Å²) in [7, 11) is 0. The maximum absolute atomic E-state index is 12.6. The van der Waals surface area contributed by atoms with Gasteiger partial charge in [-0.05, 0) is 87.8 Å². The van der Waals surface area contributed by atoms with Gasteiger partial charge in [-0.2, -0.15) is 0 Å². The van der Waals surface area contributed by atoms with Crippen molar-refractivity contribution in [2.24, 2.45) is 0 Å². The van der Waals surface area contributed by atoms with Crippen LogP contribution in [0.15, 0.2) is 48.7 Å². The summed E-state index contributed by atoms with van der Waals surface area (Å²) < 4.78 is 0. The zero-order valence-electron chi connectivity index (χ0n) is 23.7. The molecule has 2 aromatic rings. The molecule has 1 aromatic carbocycles. The molecule has 2 aliphatic rings. The van der Waals surface area contributed by atoms with Gasteiger partial charge in [-0.15, -0.1) is 11.8 Å². The Morgan fingerprint density at radius 1 is 0.949 bits per heavy atom. The number of likely N-dealkylation sites (tertiary alicyclic amines) is 1. The number of hydrogen-bond donors (Lipinski definition) is 4. The van der Waals surface area contributed by atoms with Gasteiger partial charge in [0.05, 0.1) is 5.69 Å². The van der Waals surface area contributed by atoms with Crippen LogP contribution in [-0.4, -0.2) is 65.7 Å². The number of nitrogens with one attached hydrogen (secondary N) is 4. The lowest BCUT2D eigenvalue weighted by molar-refractivity contribution is -0.121. The van der Waals surface area contributed by atoms with Gasteiger partial charge in [-0.3, -0.25) is 15.1 Å². The number of nitrogens with zero attached hydrogens (tertiary/aromatic N) is 2. The van der Waals surface area contributed by atoms with Crippen LogP contribution in [0.1, 0.15) is 68.2 Å². The molecule has 2 heterocycles. The summed E-state index contributed by atoms with van der Waals surface area (Å²) in [6.07, 6.45) is 14.6. The fourth-order valence-corrected chi connectivity index (χ4v) is 6.25. The minimum Gasteiger partial charge on any atom is -0.350 e. The fraction of sp³-hybridized carbons (Fsp3) is 0.613. The van der Waals surface area contributed by atoms with E-state index in [9.17, 15) is 4.79 Å². The van der Waals surface area contributed by atoms with Crippen LogP contribution in [0.3, 0.4) is 0 Å². The molecule has 1 saturated heterocycles. The molecule has 4 rings (SSSR count). The molecular weight excluding hydrogens is 504 g/mol.